The van der Waals surface area contributed by atoms with Gasteiger partial charge in [0.15, 0.2) is 0 Å². The third-order valence-corrected chi connectivity index (χ3v) is 3.89. The van der Waals surface area contributed by atoms with Gasteiger partial charge >= 0.3 is 0 Å². The third-order valence-electron chi connectivity index (χ3n) is 2.23. The van der Waals surface area contributed by atoms with E-state index < -0.39 is 28.1 Å². The predicted octanol–water partition coefficient (Wildman–Crippen LogP) is -1.42. The lowest BCUT2D eigenvalue weighted by atomic mass is 10.2. The Morgan fingerprint density at radius 3 is 2.56 bits per heavy atom. The van der Waals surface area contributed by atoms with Crippen molar-refractivity contribution in [1.29, 1.82) is 0 Å². The second-order valence-electron chi connectivity index (χ2n) is 3.38. The molecule has 16 heavy (non-hydrogen) atoms. The molecule has 0 aromatic carbocycles. The average molecular weight is 249 g/mol. The molecular weight excluding hydrogens is 234 g/mol. The molecule has 1 saturated heterocycles. The van der Waals surface area contributed by atoms with Crippen LogP contribution < -0.4 is 10.0 Å². The van der Waals surface area contributed by atoms with Crippen molar-refractivity contribution in [2.75, 3.05) is 13.1 Å². The van der Waals surface area contributed by atoms with Crippen LogP contribution in [-0.2, 0) is 19.8 Å². The van der Waals surface area contributed by atoms with E-state index in [-0.39, 0.29) is 13.1 Å². The van der Waals surface area contributed by atoms with Crippen molar-refractivity contribution in [2.24, 2.45) is 0 Å². The summed E-state index contributed by atoms with van der Waals surface area (Å²) in [5, 5.41) is 2.11. The number of nitrogens with zero attached hydrogens (tertiary/aromatic N) is 1. The van der Waals surface area contributed by atoms with Gasteiger partial charge in [-0.2, -0.15) is 12.7 Å². The van der Waals surface area contributed by atoms with Crippen molar-refractivity contribution >= 4 is 22.0 Å². The molecule has 92 valence electrons. The van der Waals surface area contributed by atoms with E-state index in [1.54, 1.807) is 13.8 Å². The van der Waals surface area contributed by atoms with Gasteiger partial charge in [-0.1, -0.05) is 13.8 Å². The molecule has 1 rings (SSSR count). The number of amides is 2. The van der Waals surface area contributed by atoms with Crippen LogP contribution in [0.1, 0.15) is 20.3 Å². The molecule has 2 N–H and O–H groups in total. The van der Waals surface area contributed by atoms with E-state index in [4.69, 9.17) is 0 Å². The molecule has 0 aliphatic carbocycles. The molecule has 1 heterocycles. The molecule has 0 spiro atoms. The van der Waals surface area contributed by atoms with Crippen LogP contribution >= 0.6 is 0 Å². The second kappa shape index (κ2) is 4.89. The average Bonchev–Trinajstić information content (AvgIpc) is 2.16. The van der Waals surface area contributed by atoms with E-state index in [0.29, 0.717) is 6.42 Å². The zero-order valence-corrected chi connectivity index (χ0v) is 10.0. The number of piperazine rings is 1. The topological polar surface area (TPSA) is 95.6 Å². The molecule has 7 nitrogen and oxygen atoms in total. The third kappa shape index (κ3) is 2.57. The van der Waals surface area contributed by atoms with E-state index >= 15 is 0 Å². The summed E-state index contributed by atoms with van der Waals surface area (Å²) in [5.74, 6) is -1.17. The van der Waals surface area contributed by atoms with Crippen molar-refractivity contribution in [2.45, 2.75) is 26.3 Å². The minimum absolute atomic E-state index is 0.213. The fourth-order valence-corrected chi connectivity index (χ4v) is 2.95. The highest BCUT2D eigenvalue weighted by atomic mass is 32.2. The molecule has 0 saturated carbocycles. The van der Waals surface area contributed by atoms with Crippen LogP contribution in [0.4, 0.5) is 0 Å². The first-order valence-electron chi connectivity index (χ1n) is 5.02. The fraction of sp³-hybridized carbons (Fsp3) is 0.750. The second-order valence-corrected chi connectivity index (χ2v) is 5.09. The monoisotopic (exact) mass is 249 g/mol. The Hall–Kier alpha value is -0.990. The maximum atomic E-state index is 11.7. The number of carbonyl (C=O) groups is 2. The number of nitrogens with one attached hydrogen (secondary N) is 2. The maximum absolute atomic E-state index is 11.7. The number of imide groups is 1. The van der Waals surface area contributed by atoms with Crippen molar-refractivity contribution in [3.05, 3.63) is 0 Å². The molecule has 1 fully saturated rings. The van der Waals surface area contributed by atoms with Crippen LogP contribution in [0.25, 0.3) is 0 Å². The largest absolute Gasteiger partial charge is 0.294 e. The normalized spacial score (nSPS) is 23.2. The minimum atomic E-state index is -3.76. The van der Waals surface area contributed by atoms with Gasteiger partial charge in [0.2, 0.25) is 11.8 Å². The van der Waals surface area contributed by atoms with Crippen molar-refractivity contribution in [3.63, 3.8) is 0 Å². The van der Waals surface area contributed by atoms with Gasteiger partial charge in [-0.05, 0) is 6.42 Å². The van der Waals surface area contributed by atoms with Gasteiger partial charge in [0.05, 0.1) is 6.54 Å². The summed E-state index contributed by atoms with van der Waals surface area (Å²) >= 11 is 0. The van der Waals surface area contributed by atoms with Crippen molar-refractivity contribution in [1.82, 2.24) is 14.3 Å². The van der Waals surface area contributed by atoms with Crippen LogP contribution in [0.2, 0.25) is 0 Å². The Kier molecular flexibility index (Phi) is 4.00. The highest BCUT2D eigenvalue weighted by molar-refractivity contribution is 7.87. The summed E-state index contributed by atoms with van der Waals surface area (Å²) in [6.07, 6.45) is 0.323. The fourth-order valence-electron chi connectivity index (χ4n) is 1.55. The zero-order chi connectivity index (χ0) is 12.3. The standard InChI is InChI=1S/C8H15N3O4S/c1-3-6-8(13)10-7(12)5-11(6)16(14,15)9-4-2/h6,9H,3-5H2,1-2H3,(H,10,12,13). The Balaban J connectivity index is 2.99. The Morgan fingerprint density at radius 2 is 2.06 bits per heavy atom. The zero-order valence-electron chi connectivity index (χ0n) is 9.19. The molecule has 8 heteroatoms. The molecule has 0 aromatic heterocycles. The number of hydrogen-bond acceptors (Lipinski definition) is 4. The van der Waals surface area contributed by atoms with Gasteiger partial charge in [-0.25, -0.2) is 4.72 Å². The molecule has 1 aliphatic rings. The lowest BCUT2D eigenvalue weighted by Crippen LogP contribution is -2.61. The van der Waals surface area contributed by atoms with Gasteiger partial charge in [0.25, 0.3) is 10.2 Å². The van der Waals surface area contributed by atoms with E-state index in [2.05, 4.69) is 10.0 Å². The highest BCUT2D eigenvalue weighted by Crippen LogP contribution is 2.12. The first-order chi connectivity index (χ1) is 7.42. The van der Waals surface area contributed by atoms with Gasteiger partial charge in [-0.3, -0.25) is 14.9 Å². The van der Waals surface area contributed by atoms with E-state index in [0.717, 1.165) is 4.31 Å². The molecule has 2 amide bonds. The molecule has 0 aromatic rings. The van der Waals surface area contributed by atoms with Crippen LogP contribution in [0.15, 0.2) is 0 Å². The van der Waals surface area contributed by atoms with E-state index in [1.165, 1.54) is 0 Å². The summed E-state index contributed by atoms with van der Waals surface area (Å²) in [6.45, 7) is 3.21. The molecule has 1 atom stereocenters. The number of rotatable bonds is 4. The molecule has 0 bridgehead atoms. The Morgan fingerprint density at radius 1 is 1.44 bits per heavy atom. The summed E-state index contributed by atoms with van der Waals surface area (Å²) in [5.41, 5.74) is 0. The number of carbonyl (C=O) groups excluding carboxylic acids is 2. The van der Waals surface area contributed by atoms with Crippen LogP contribution in [0.3, 0.4) is 0 Å². The van der Waals surface area contributed by atoms with Gasteiger partial charge in [0, 0.05) is 6.54 Å². The molecule has 1 unspecified atom stereocenters. The van der Waals surface area contributed by atoms with E-state index in [1.807, 2.05) is 0 Å². The SMILES string of the molecule is CCNS(=O)(=O)N1CC(=O)NC(=O)C1CC. The first kappa shape index (κ1) is 13.1. The summed E-state index contributed by atoms with van der Waals surface area (Å²) in [7, 11) is -3.76. The lowest BCUT2D eigenvalue weighted by molar-refractivity contribution is -0.137. The van der Waals surface area contributed by atoms with Crippen molar-refractivity contribution in [3.8, 4) is 0 Å². The van der Waals surface area contributed by atoms with Crippen LogP contribution in [0.5, 0.6) is 0 Å². The molecular formula is C8H15N3O4S. The van der Waals surface area contributed by atoms with Crippen molar-refractivity contribution < 1.29 is 18.0 Å². The number of hydrogen-bond donors (Lipinski definition) is 2. The van der Waals surface area contributed by atoms with Crippen LogP contribution in [0, 0.1) is 0 Å². The van der Waals surface area contributed by atoms with Gasteiger partial charge in [-0.15, -0.1) is 0 Å². The molecule has 0 radical (unpaired) electrons. The van der Waals surface area contributed by atoms with E-state index in [9.17, 15) is 18.0 Å². The Bertz CT molecular complexity index is 392. The quantitative estimate of drug-likeness (QED) is 0.598. The van der Waals surface area contributed by atoms with Gasteiger partial charge in [0.1, 0.15) is 6.04 Å². The lowest BCUT2D eigenvalue weighted by Gasteiger charge is -2.32. The summed E-state index contributed by atoms with van der Waals surface area (Å²) in [6, 6.07) is -0.818. The van der Waals surface area contributed by atoms with Crippen LogP contribution in [-0.4, -0.2) is 43.7 Å². The smallest absolute Gasteiger partial charge is 0.280 e. The summed E-state index contributed by atoms with van der Waals surface area (Å²) in [4.78, 5) is 22.6. The summed E-state index contributed by atoms with van der Waals surface area (Å²) < 4.78 is 26.6. The first-order valence-corrected chi connectivity index (χ1v) is 6.46. The minimum Gasteiger partial charge on any atom is -0.294 e. The molecule has 1 aliphatic heterocycles. The van der Waals surface area contributed by atoms with Gasteiger partial charge < -0.3 is 0 Å². The Labute approximate surface area is 94.4 Å². The highest BCUT2D eigenvalue weighted by Gasteiger charge is 2.39. The predicted molar refractivity (Wildman–Crippen MR) is 56.5 cm³/mol. The maximum Gasteiger partial charge on any atom is 0.280 e.